The van der Waals surface area contributed by atoms with Crippen LogP contribution in [0.3, 0.4) is 0 Å². The van der Waals surface area contributed by atoms with Gasteiger partial charge in [-0.15, -0.1) is 11.3 Å². The number of hydrazone groups is 1. The third-order valence-corrected chi connectivity index (χ3v) is 10.2. The normalized spacial score (nSPS) is 14.3. The number of phenols is 1. The number of rotatable bonds is 15. The fourth-order valence-corrected chi connectivity index (χ4v) is 7.01. The van der Waals surface area contributed by atoms with Gasteiger partial charge in [0.05, 0.1) is 30.0 Å². The van der Waals surface area contributed by atoms with Gasteiger partial charge >= 0.3 is 0 Å². The minimum Gasteiger partial charge on any atom is -0.507 e. The van der Waals surface area contributed by atoms with E-state index in [1.165, 1.54) is 24.4 Å². The maximum Gasteiger partial charge on any atom is 0.254 e. The fourth-order valence-electron chi connectivity index (χ4n) is 6.19. The zero-order valence-electron chi connectivity index (χ0n) is 30.7. The van der Waals surface area contributed by atoms with Crippen molar-refractivity contribution in [3.05, 3.63) is 129 Å². The van der Waals surface area contributed by atoms with E-state index in [2.05, 4.69) is 30.6 Å². The molecule has 1 amide bonds. The van der Waals surface area contributed by atoms with Crippen LogP contribution in [0.5, 0.6) is 28.7 Å². The van der Waals surface area contributed by atoms with E-state index >= 15 is 0 Å². The molecule has 0 aliphatic carbocycles. The number of aromatic hydroxyl groups is 1. The first-order valence-electron chi connectivity index (χ1n) is 18.2. The van der Waals surface area contributed by atoms with E-state index < -0.39 is 0 Å². The lowest BCUT2D eigenvalue weighted by Gasteiger charge is -2.33. The second-order valence-corrected chi connectivity index (χ2v) is 14.3. The van der Waals surface area contributed by atoms with Crippen molar-refractivity contribution in [2.45, 2.75) is 26.2 Å². The molecule has 4 aromatic carbocycles. The van der Waals surface area contributed by atoms with Gasteiger partial charge in [0.25, 0.3) is 5.91 Å². The van der Waals surface area contributed by atoms with Crippen LogP contribution in [0.1, 0.15) is 33.3 Å². The van der Waals surface area contributed by atoms with Gasteiger partial charge in [0, 0.05) is 55.2 Å². The molecule has 57 heavy (non-hydrogen) atoms. The first kappa shape index (κ1) is 37.6. The van der Waals surface area contributed by atoms with E-state index in [1.807, 2.05) is 52.7 Å². The van der Waals surface area contributed by atoms with Gasteiger partial charge in [-0.2, -0.15) is 10.1 Å². The van der Waals surface area contributed by atoms with E-state index in [-0.39, 0.29) is 37.4 Å². The largest absolute Gasteiger partial charge is 0.507 e. The van der Waals surface area contributed by atoms with Crippen LogP contribution in [0.2, 0.25) is 0 Å². The van der Waals surface area contributed by atoms with Crippen molar-refractivity contribution in [1.29, 1.82) is 0 Å². The van der Waals surface area contributed by atoms with Crippen LogP contribution < -0.4 is 24.4 Å². The minimum absolute atomic E-state index is 0.0280. The van der Waals surface area contributed by atoms with Crippen LogP contribution >= 0.6 is 11.3 Å². The van der Waals surface area contributed by atoms with Crippen LogP contribution in [0, 0.1) is 5.82 Å². The minimum atomic E-state index is -0.305. The third-order valence-electron chi connectivity index (χ3n) is 9.26. The number of hydrogen-bond donors (Lipinski definition) is 2. The Kier molecular flexibility index (Phi) is 11.6. The summed E-state index contributed by atoms with van der Waals surface area (Å²) in [6, 6.07) is 24.4. The van der Waals surface area contributed by atoms with Crippen molar-refractivity contribution in [1.82, 2.24) is 30.4 Å². The molecule has 4 heterocycles. The second kappa shape index (κ2) is 17.6. The van der Waals surface area contributed by atoms with Crippen molar-refractivity contribution in [2.24, 2.45) is 5.10 Å². The highest BCUT2D eigenvalue weighted by atomic mass is 32.1. The maximum absolute atomic E-state index is 13.1. The van der Waals surface area contributed by atoms with Gasteiger partial charge in [0.1, 0.15) is 36.3 Å². The molecule has 0 unspecified atom stereocenters. The quantitative estimate of drug-likeness (QED) is 0.0956. The Labute approximate surface area is 331 Å². The summed E-state index contributed by atoms with van der Waals surface area (Å²) < 4.78 is 41.1. The molecule has 14 nitrogen and oxygen atoms in total. The molecule has 0 spiro atoms. The summed E-state index contributed by atoms with van der Waals surface area (Å²) in [5.74, 6) is 3.00. The molecule has 1 fully saturated rings. The number of ether oxygens (including phenoxy) is 4. The number of hydrogen-bond acceptors (Lipinski definition) is 14. The van der Waals surface area contributed by atoms with Crippen molar-refractivity contribution >= 4 is 23.5 Å². The van der Waals surface area contributed by atoms with Gasteiger partial charge in [-0.25, -0.2) is 14.8 Å². The maximum atomic E-state index is 13.1. The summed E-state index contributed by atoms with van der Waals surface area (Å²) in [7, 11) is 0. The number of phenolic OH excluding ortho intramolecular Hbond substituents is 1. The van der Waals surface area contributed by atoms with Crippen LogP contribution in [0.4, 0.5) is 4.39 Å². The van der Waals surface area contributed by atoms with Crippen LogP contribution in [0.25, 0.3) is 11.4 Å². The molecule has 16 heteroatoms. The Balaban J connectivity index is 0.727. The van der Waals surface area contributed by atoms with Crippen LogP contribution in [-0.2, 0) is 31.0 Å². The second-order valence-electron chi connectivity index (χ2n) is 13.4. The van der Waals surface area contributed by atoms with Crippen molar-refractivity contribution in [2.75, 3.05) is 39.5 Å². The van der Waals surface area contributed by atoms with E-state index in [1.54, 1.807) is 35.6 Å². The monoisotopic (exact) mass is 791 g/mol. The van der Waals surface area contributed by atoms with Crippen LogP contribution in [0.15, 0.2) is 99.9 Å². The zero-order chi connectivity index (χ0) is 39.0. The number of fused-ring (bicyclic) bond motifs is 1. The highest BCUT2D eigenvalue weighted by molar-refractivity contribution is 7.09. The molecular weight excluding hydrogens is 754 g/mol. The molecule has 8 rings (SSSR count). The number of nitrogens with zero attached hydrogens (tertiary/aromatic N) is 6. The molecule has 2 N–H and O–H groups in total. The molecule has 292 valence electrons. The summed E-state index contributed by atoms with van der Waals surface area (Å²) in [5, 5.41) is 21.7. The number of carbonyl (C=O) groups is 1. The molecule has 0 bridgehead atoms. The Morgan fingerprint density at radius 3 is 2.46 bits per heavy atom. The molecular formula is C41H38FN7O7S. The van der Waals surface area contributed by atoms with Gasteiger partial charge in [-0.05, 0) is 59.7 Å². The SMILES string of the molecule is O=C(CN1CCN(Cc2nc(-c3ccc(COc4ccc(F)cc4)cc3)no2)CC1)NN=Cc1ccc(OCc2csc(Cc3ccc4c(c3)OCO4)n2)cc1O. The van der Waals surface area contributed by atoms with Crippen molar-refractivity contribution < 1.29 is 37.8 Å². The number of carbonyl (C=O) groups excluding carboxylic acids is 1. The summed E-state index contributed by atoms with van der Waals surface area (Å²) in [6.07, 6.45) is 2.07. The van der Waals surface area contributed by atoms with Crippen LogP contribution in [-0.4, -0.2) is 81.7 Å². The van der Waals surface area contributed by atoms with E-state index in [4.69, 9.17) is 23.5 Å². The Morgan fingerprint density at radius 1 is 0.877 bits per heavy atom. The number of thiazole rings is 1. The first-order chi connectivity index (χ1) is 27.9. The molecule has 2 aliphatic rings. The fraction of sp³-hybridized carbons (Fsp3) is 0.244. The highest BCUT2D eigenvalue weighted by Crippen LogP contribution is 2.33. The average molecular weight is 792 g/mol. The molecule has 2 aliphatic heterocycles. The third kappa shape index (κ3) is 10.1. The lowest BCUT2D eigenvalue weighted by atomic mass is 10.1. The van der Waals surface area contributed by atoms with Gasteiger partial charge in [0.2, 0.25) is 18.5 Å². The number of benzene rings is 4. The standard InChI is InChI=1S/C41H38FN7O7S/c42-31-7-10-33(11-8-31)52-23-27-1-4-29(5-2-27)41-45-39(56-47-41)22-49-15-13-48(14-16-49)21-38(51)46-43-20-30-6-9-34(19-35(30)50)53-24-32-25-57-40(44-32)18-28-3-12-36-37(17-28)55-26-54-36/h1-12,17,19-20,25,50H,13-16,18,21-24,26H2,(H,46,51). The Bertz CT molecular complexity index is 2330. The first-order valence-corrected chi connectivity index (χ1v) is 19.1. The number of nitrogens with one attached hydrogen (secondary N) is 1. The number of amides is 1. The Morgan fingerprint density at radius 2 is 1.63 bits per heavy atom. The number of piperazine rings is 1. The molecule has 0 atom stereocenters. The molecule has 2 aromatic heterocycles. The van der Waals surface area contributed by atoms with E-state index in [0.29, 0.717) is 61.4 Å². The summed E-state index contributed by atoms with van der Waals surface area (Å²) in [6.45, 7) is 4.36. The predicted molar refractivity (Wildman–Crippen MR) is 208 cm³/mol. The van der Waals surface area contributed by atoms with E-state index in [9.17, 15) is 14.3 Å². The van der Waals surface area contributed by atoms with Gasteiger partial charge in [-0.1, -0.05) is 35.5 Å². The van der Waals surface area contributed by atoms with Gasteiger partial charge < -0.3 is 28.6 Å². The van der Waals surface area contributed by atoms with Crippen molar-refractivity contribution in [3.63, 3.8) is 0 Å². The number of halogens is 1. The summed E-state index contributed by atoms with van der Waals surface area (Å²) in [4.78, 5) is 26.1. The molecule has 0 radical (unpaired) electrons. The lowest BCUT2D eigenvalue weighted by Crippen LogP contribution is -2.48. The number of aromatic nitrogens is 3. The van der Waals surface area contributed by atoms with Crippen molar-refractivity contribution in [3.8, 4) is 40.1 Å². The van der Waals surface area contributed by atoms with Gasteiger partial charge in [-0.3, -0.25) is 14.6 Å². The highest BCUT2D eigenvalue weighted by Gasteiger charge is 2.21. The van der Waals surface area contributed by atoms with Gasteiger partial charge in [0.15, 0.2) is 11.5 Å². The zero-order valence-corrected chi connectivity index (χ0v) is 31.5. The Hall–Kier alpha value is -6.36. The summed E-state index contributed by atoms with van der Waals surface area (Å²) >= 11 is 1.56. The topological polar surface area (TPSA) is 157 Å². The molecule has 0 saturated carbocycles. The predicted octanol–water partition coefficient (Wildman–Crippen LogP) is 5.78. The molecule has 1 saturated heterocycles. The molecule has 6 aromatic rings. The smallest absolute Gasteiger partial charge is 0.254 e. The average Bonchev–Trinajstić information content (AvgIpc) is 4.00. The van der Waals surface area contributed by atoms with E-state index in [0.717, 1.165) is 52.0 Å². The lowest BCUT2D eigenvalue weighted by molar-refractivity contribution is -0.122. The summed E-state index contributed by atoms with van der Waals surface area (Å²) in [5.41, 5.74) is 6.63.